The number of likely N-dealkylation sites (tertiary alicyclic amines) is 1. The number of allylic oxidation sites excluding steroid dienone is 1. The molecule has 0 aromatic rings. The number of hydrogen-bond donors (Lipinski definition) is 1. The summed E-state index contributed by atoms with van der Waals surface area (Å²) < 4.78 is 5.50. The van der Waals surface area contributed by atoms with Crippen LogP contribution in [-0.4, -0.2) is 22.2 Å². The van der Waals surface area contributed by atoms with E-state index in [2.05, 4.69) is 21.0 Å². The van der Waals surface area contributed by atoms with Crippen molar-refractivity contribution in [3.63, 3.8) is 0 Å². The van der Waals surface area contributed by atoms with Gasteiger partial charge in [-0.1, -0.05) is 13.5 Å². The zero-order chi connectivity index (χ0) is 11.8. The summed E-state index contributed by atoms with van der Waals surface area (Å²) in [6.45, 7) is 5.95. The van der Waals surface area contributed by atoms with Gasteiger partial charge in [0, 0.05) is 38.8 Å². The van der Waals surface area contributed by atoms with Gasteiger partial charge in [0.05, 0.1) is 6.10 Å². The van der Waals surface area contributed by atoms with E-state index in [9.17, 15) is 5.11 Å². The maximum absolute atomic E-state index is 9.41. The molecule has 1 aliphatic heterocycles. The van der Waals surface area contributed by atoms with Gasteiger partial charge in [-0.15, -0.1) is 0 Å². The van der Waals surface area contributed by atoms with Crippen LogP contribution in [0.15, 0.2) is 12.3 Å². The summed E-state index contributed by atoms with van der Waals surface area (Å²) in [5.41, 5.74) is 1.14. The topological polar surface area (TPSA) is 23.5 Å². The molecule has 0 aromatic heterocycles. The van der Waals surface area contributed by atoms with Crippen LogP contribution in [0.25, 0.3) is 0 Å². The SMILES string of the molecule is C=C1CC[C@H](CC[C@@H](O)CC)N1[CH2-].[2H][CH2-].[Y]. The molecule has 15 heavy (non-hydrogen) atoms. The Labute approximate surface area is 121 Å². The van der Waals surface area contributed by atoms with Crippen LogP contribution in [0, 0.1) is 14.5 Å². The van der Waals surface area contributed by atoms with Gasteiger partial charge in [0.1, 0.15) is 0 Å². The number of rotatable bonds is 4. The summed E-state index contributed by atoms with van der Waals surface area (Å²) in [6, 6.07) is 0.508. The Balaban J connectivity index is 0. The molecule has 1 fully saturated rings. The Morgan fingerprint density at radius 3 is 2.80 bits per heavy atom. The van der Waals surface area contributed by atoms with E-state index in [0.29, 0.717) is 6.04 Å². The van der Waals surface area contributed by atoms with E-state index in [-0.39, 0.29) is 38.8 Å². The molecule has 0 unspecified atom stereocenters. The molecule has 0 bridgehead atoms. The van der Waals surface area contributed by atoms with Gasteiger partial charge in [0.2, 0.25) is 0 Å². The van der Waals surface area contributed by atoms with Crippen molar-refractivity contribution in [2.75, 3.05) is 0 Å². The van der Waals surface area contributed by atoms with E-state index in [1.807, 2.05) is 11.8 Å². The fourth-order valence-corrected chi connectivity index (χ4v) is 1.78. The van der Waals surface area contributed by atoms with E-state index >= 15 is 0 Å². The van der Waals surface area contributed by atoms with Gasteiger partial charge < -0.3 is 17.4 Å². The van der Waals surface area contributed by atoms with E-state index in [1.54, 1.807) is 0 Å². The fourth-order valence-electron chi connectivity index (χ4n) is 1.78. The number of aliphatic hydroxyl groups is 1. The molecule has 0 aliphatic carbocycles. The van der Waals surface area contributed by atoms with Gasteiger partial charge >= 0.3 is 0 Å². The van der Waals surface area contributed by atoms with Gasteiger partial charge in [0.15, 0.2) is 0 Å². The number of aliphatic hydroxyl groups excluding tert-OH is 1. The normalized spacial score (nSPS) is 22.4. The summed E-state index contributed by atoms with van der Waals surface area (Å²) >= 11 is 0. The van der Waals surface area contributed by atoms with Crippen molar-refractivity contribution in [2.45, 2.75) is 51.2 Å². The third-order valence-corrected chi connectivity index (χ3v) is 2.92. The molecule has 1 N–H and O–H groups in total. The summed E-state index contributed by atoms with van der Waals surface area (Å²) in [4.78, 5) is 2.02. The summed E-state index contributed by atoms with van der Waals surface area (Å²) in [5.74, 6) is 0. The first-order valence-corrected chi connectivity index (χ1v) is 5.10. The van der Waals surface area contributed by atoms with Crippen LogP contribution in [0.3, 0.4) is 0 Å². The first-order valence-electron chi connectivity index (χ1n) is 5.81. The molecule has 2 nitrogen and oxygen atoms in total. The van der Waals surface area contributed by atoms with Crippen molar-refractivity contribution < 1.29 is 39.2 Å². The van der Waals surface area contributed by atoms with Crippen molar-refractivity contribution in [1.82, 2.24) is 4.90 Å². The van der Waals surface area contributed by atoms with E-state index < -0.39 is 0 Å². The molecule has 0 amide bonds. The predicted octanol–water partition coefficient (Wildman–Crippen LogP) is 2.75. The molecular weight excluding hydrogens is 263 g/mol. The number of hydrogen-bond acceptors (Lipinski definition) is 2. The summed E-state index contributed by atoms with van der Waals surface area (Å²) in [7, 11) is 6.46. The average molecular weight is 287 g/mol. The van der Waals surface area contributed by atoms with Crippen LogP contribution < -0.4 is 0 Å². The second-order valence-electron chi connectivity index (χ2n) is 3.87. The van der Waals surface area contributed by atoms with Crippen LogP contribution in [0.5, 0.6) is 0 Å². The molecule has 0 saturated carbocycles. The summed E-state index contributed by atoms with van der Waals surface area (Å²) in [6.07, 6.45) is 4.86. The Bertz CT molecular complexity index is 190. The first-order chi connectivity index (χ1) is 7.15. The zero-order valence-electron chi connectivity index (χ0n) is 10.8. The van der Waals surface area contributed by atoms with Crippen molar-refractivity contribution in [1.29, 1.82) is 0 Å². The summed E-state index contributed by atoms with van der Waals surface area (Å²) in [5, 5.41) is 9.41. The van der Waals surface area contributed by atoms with E-state index in [4.69, 9.17) is 1.37 Å². The maximum Gasteiger partial charge on any atom is 0.0538 e. The Morgan fingerprint density at radius 2 is 2.40 bits per heavy atom. The monoisotopic (exact) mass is 287 g/mol. The minimum absolute atomic E-state index is 0. The Kier molecular flexibility index (Phi) is 9.07. The quantitative estimate of drug-likeness (QED) is 0.804. The second-order valence-corrected chi connectivity index (χ2v) is 3.87. The van der Waals surface area contributed by atoms with E-state index in [1.165, 1.54) is 0 Å². The minimum Gasteiger partial charge on any atom is -0.527 e. The third-order valence-electron chi connectivity index (χ3n) is 2.92. The standard InChI is InChI=1S/C11H20NO.CH3.Y/c1-4-11(13)8-7-10-6-5-9(2)12(10)3;;/h10-11,13H,2-8H2,1H3;1H3;/q2*-1;/t10-,11+;;/m1../s1/i;1D;. The smallest absolute Gasteiger partial charge is 0.0538 e. The Hall–Kier alpha value is 0.604. The molecule has 1 aliphatic rings. The molecule has 1 radical (unpaired) electrons. The van der Waals surface area contributed by atoms with Crippen LogP contribution in [-0.2, 0) is 32.7 Å². The fraction of sp³-hybridized carbons (Fsp3) is 0.667. The first kappa shape index (κ1) is 15.6. The minimum atomic E-state index is -0.137. The van der Waals surface area contributed by atoms with Crippen molar-refractivity contribution in [3.05, 3.63) is 26.7 Å². The second kappa shape index (κ2) is 8.72. The van der Waals surface area contributed by atoms with Gasteiger partial charge in [0.25, 0.3) is 0 Å². The largest absolute Gasteiger partial charge is 0.527 e. The predicted molar refractivity (Wildman–Crippen MR) is 61.3 cm³/mol. The van der Waals surface area contributed by atoms with Crippen molar-refractivity contribution in [2.24, 2.45) is 0 Å². The zero-order valence-corrected chi connectivity index (χ0v) is 12.6. The van der Waals surface area contributed by atoms with Gasteiger partial charge in [-0.2, -0.15) is 0 Å². The van der Waals surface area contributed by atoms with Crippen LogP contribution >= 0.6 is 0 Å². The average Bonchev–Trinajstić information content (AvgIpc) is 2.59. The van der Waals surface area contributed by atoms with E-state index in [0.717, 1.165) is 37.8 Å². The number of nitrogens with zero attached hydrogens (tertiary/aromatic N) is 1. The molecule has 0 spiro atoms. The molecule has 1 heterocycles. The van der Waals surface area contributed by atoms with Gasteiger partial charge in [-0.25, -0.2) is 1.37 Å². The van der Waals surface area contributed by atoms with Crippen LogP contribution in [0.1, 0.15) is 40.4 Å². The molecule has 2 atom stereocenters. The van der Waals surface area contributed by atoms with Crippen LogP contribution in [0.4, 0.5) is 0 Å². The molecule has 1 rings (SSSR count). The molecule has 0 aromatic carbocycles. The molecular formula is C12H23NOY-2. The van der Waals surface area contributed by atoms with Crippen molar-refractivity contribution in [3.8, 4) is 0 Å². The maximum atomic E-state index is 9.41. The molecule has 87 valence electrons. The van der Waals surface area contributed by atoms with Gasteiger partial charge in [-0.05, 0) is 37.8 Å². The van der Waals surface area contributed by atoms with Crippen molar-refractivity contribution >= 4 is 0 Å². The third kappa shape index (κ3) is 5.46. The molecule has 3 heteroatoms. The molecule has 1 saturated heterocycles. The Morgan fingerprint density at radius 1 is 1.80 bits per heavy atom. The van der Waals surface area contributed by atoms with Gasteiger partial charge in [-0.3, -0.25) is 7.05 Å². The van der Waals surface area contributed by atoms with Crippen LogP contribution in [0.2, 0.25) is 0 Å².